The van der Waals surface area contributed by atoms with Crippen molar-refractivity contribution in [3.05, 3.63) is 10.7 Å². The van der Waals surface area contributed by atoms with E-state index in [9.17, 15) is 18.3 Å². The molecule has 0 bridgehead atoms. The van der Waals surface area contributed by atoms with Crippen LogP contribution in [0.3, 0.4) is 0 Å². The van der Waals surface area contributed by atoms with Gasteiger partial charge in [0.2, 0.25) is 0 Å². The van der Waals surface area contributed by atoms with Gasteiger partial charge in [0.05, 0.1) is 0 Å². The van der Waals surface area contributed by atoms with Crippen molar-refractivity contribution in [1.82, 2.24) is 0 Å². The Balaban J connectivity index is 3.26. The van der Waals surface area contributed by atoms with Gasteiger partial charge in [-0.2, -0.15) is 8.42 Å². The Hall–Kier alpha value is -0.880. The number of aliphatic hydroxyl groups excluding tert-OH is 1. The summed E-state index contributed by atoms with van der Waals surface area (Å²) in [6, 6.07) is 0. The molecule has 0 aromatic carbocycles. The number of carbonyl (C=O) groups is 1. The van der Waals surface area contributed by atoms with Crippen LogP contribution in [-0.2, 0) is 14.9 Å². The molecule has 80 valence electrons. The Morgan fingerprint density at radius 1 is 1.29 bits per heavy atom. The predicted molar refractivity (Wildman–Crippen MR) is 49.2 cm³/mol. The molecule has 2 N–H and O–H groups in total. The molecule has 0 unspecified atom stereocenters. The summed E-state index contributed by atoms with van der Waals surface area (Å²) in [6.45, 7) is 3.48. The Morgan fingerprint density at radius 2 is 1.79 bits per heavy atom. The Morgan fingerprint density at radius 3 is 2.14 bits per heavy atom. The second-order valence-electron chi connectivity index (χ2n) is 4.19. The molecule has 0 aromatic heterocycles. The molecule has 14 heavy (non-hydrogen) atoms. The molecule has 0 atom stereocenters. The number of hydrogen-bond acceptors (Lipinski definition) is 4. The fourth-order valence-corrected chi connectivity index (χ4v) is 2.29. The maximum absolute atomic E-state index is 11.3. The first-order valence-electron chi connectivity index (χ1n) is 4.06. The minimum absolute atomic E-state index is 0.00613. The van der Waals surface area contributed by atoms with Crippen LogP contribution in [0.5, 0.6) is 0 Å². The number of allylic oxidation sites excluding steroid dienone is 2. The van der Waals surface area contributed by atoms with Crippen molar-refractivity contribution in [3.63, 3.8) is 0 Å². The Bertz CT molecular complexity index is 401. The van der Waals surface area contributed by atoms with E-state index in [-0.39, 0.29) is 12.8 Å². The highest BCUT2D eigenvalue weighted by molar-refractivity contribution is 7.90. The van der Waals surface area contributed by atoms with E-state index in [0.717, 1.165) is 0 Å². The number of Topliss-reactive ketones (excluding diaryl/α,β-unsaturated/α-hetero) is 1. The first-order valence-corrected chi connectivity index (χ1v) is 5.50. The summed E-state index contributed by atoms with van der Waals surface area (Å²) in [7, 11) is -4.59. The lowest BCUT2D eigenvalue weighted by Gasteiger charge is -2.28. The van der Waals surface area contributed by atoms with Crippen molar-refractivity contribution < 1.29 is 22.9 Å². The Labute approximate surface area is 82.2 Å². The van der Waals surface area contributed by atoms with Gasteiger partial charge < -0.3 is 5.11 Å². The van der Waals surface area contributed by atoms with Gasteiger partial charge in [0.15, 0.2) is 10.7 Å². The molecule has 0 amide bonds. The molecule has 0 aromatic rings. The third-order valence-corrected chi connectivity index (χ3v) is 3.04. The summed E-state index contributed by atoms with van der Waals surface area (Å²) in [5.74, 6) is -1.28. The summed E-state index contributed by atoms with van der Waals surface area (Å²) in [4.78, 5) is 10.5. The molecule has 1 aliphatic carbocycles. The molecule has 0 fully saturated rings. The lowest BCUT2D eigenvalue weighted by atomic mass is 9.79. The van der Waals surface area contributed by atoms with Gasteiger partial charge in [0.1, 0.15) is 5.76 Å². The second kappa shape index (κ2) is 3.06. The smallest absolute Gasteiger partial charge is 0.301 e. The monoisotopic (exact) mass is 220 g/mol. The average Bonchev–Trinajstić information content (AvgIpc) is 1.75. The van der Waals surface area contributed by atoms with Gasteiger partial charge >= 0.3 is 10.1 Å². The first-order chi connectivity index (χ1) is 6.13. The summed E-state index contributed by atoms with van der Waals surface area (Å²) in [5, 5.41) is 9.33. The van der Waals surface area contributed by atoms with Crippen molar-refractivity contribution in [2.75, 3.05) is 0 Å². The van der Waals surface area contributed by atoms with Gasteiger partial charge in [0, 0.05) is 12.8 Å². The number of carbonyl (C=O) groups excluding carboxylic acids is 1. The second-order valence-corrected chi connectivity index (χ2v) is 5.55. The number of ketones is 1. The summed E-state index contributed by atoms with van der Waals surface area (Å²) in [5.41, 5.74) is -0.463. The van der Waals surface area contributed by atoms with Crippen molar-refractivity contribution in [1.29, 1.82) is 0 Å². The predicted octanol–water partition coefficient (Wildman–Crippen LogP) is 1.03. The topological polar surface area (TPSA) is 91.7 Å². The molecule has 0 saturated carbocycles. The minimum Gasteiger partial charge on any atom is -0.511 e. The van der Waals surface area contributed by atoms with Gasteiger partial charge in [-0.25, -0.2) is 0 Å². The van der Waals surface area contributed by atoms with Crippen LogP contribution in [0, 0.1) is 5.41 Å². The normalized spacial score (nSPS) is 22.6. The van der Waals surface area contributed by atoms with E-state index in [1.807, 2.05) is 0 Å². The molecule has 1 aliphatic rings. The molecular weight excluding hydrogens is 208 g/mol. The lowest BCUT2D eigenvalue weighted by Crippen LogP contribution is -2.29. The van der Waals surface area contributed by atoms with Crippen molar-refractivity contribution in [2.24, 2.45) is 5.41 Å². The van der Waals surface area contributed by atoms with Crippen LogP contribution in [0.4, 0.5) is 0 Å². The third-order valence-electron chi connectivity index (χ3n) is 2.06. The fraction of sp³-hybridized carbons (Fsp3) is 0.625. The summed E-state index contributed by atoms with van der Waals surface area (Å²) < 4.78 is 30.2. The van der Waals surface area contributed by atoms with Crippen LogP contribution in [0.1, 0.15) is 26.7 Å². The van der Waals surface area contributed by atoms with Crippen molar-refractivity contribution in [3.8, 4) is 0 Å². The highest BCUT2D eigenvalue weighted by atomic mass is 32.2. The molecule has 0 aliphatic heterocycles. The van der Waals surface area contributed by atoms with E-state index in [0.29, 0.717) is 0 Å². The number of aliphatic hydroxyl groups is 1. The molecule has 5 nitrogen and oxygen atoms in total. The fourth-order valence-electron chi connectivity index (χ4n) is 1.56. The van der Waals surface area contributed by atoms with Crippen LogP contribution >= 0.6 is 0 Å². The molecule has 0 spiro atoms. The van der Waals surface area contributed by atoms with E-state index in [1.165, 1.54) is 0 Å². The zero-order chi connectivity index (χ0) is 11.1. The average molecular weight is 220 g/mol. The number of rotatable bonds is 1. The lowest BCUT2D eigenvalue weighted by molar-refractivity contribution is -0.117. The van der Waals surface area contributed by atoms with E-state index < -0.39 is 32.0 Å². The molecule has 6 heteroatoms. The van der Waals surface area contributed by atoms with E-state index in [4.69, 9.17) is 4.55 Å². The highest BCUT2D eigenvalue weighted by Crippen LogP contribution is 2.36. The van der Waals surface area contributed by atoms with Gasteiger partial charge in [0.25, 0.3) is 0 Å². The largest absolute Gasteiger partial charge is 0.511 e. The van der Waals surface area contributed by atoms with Crippen LogP contribution in [0.15, 0.2) is 10.7 Å². The van der Waals surface area contributed by atoms with Gasteiger partial charge in [-0.1, -0.05) is 13.8 Å². The maximum Gasteiger partial charge on any atom is 0.301 e. The van der Waals surface area contributed by atoms with Crippen LogP contribution in [0.25, 0.3) is 0 Å². The molecule has 0 heterocycles. The molecule has 0 saturated heterocycles. The molecular formula is C8H12O5S. The minimum atomic E-state index is -4.59. The first kappa shape index (κ1) is 11.2. The number of hydrogen-bond donors (Lipinski definition) is 2. The van der Waals surface area contributed by atoms with Crippen molar-refractivity contribution >= 4 is 15.9 Å². The van der Waals surface area contributed by atoms with Crippen molar-refractivity contribution in [2.45, 2.75) is 26.7 Å². The summed E-state index contributed by atoms with van der Waals surface area (Å²) in [6.07, 6.45) is 0.0834. The third kappa shape index (κ3) is 2.13. The van der Waals surface area contributed by atoms with E-state index >= 15 is 0 Å². The van der Waals surface area contributed by atoms with Gasteiger partial charge in [-0.05, 0) is 5.41 Å². The molecule has 0 radical (unpaired) electrons. The maximum atomic E-state index is 11.3. The standard InChI is InChI=1S/C8H12O5S/c1-8(2)3-5(9)7(6(10)4-8)14(11,12)13/h9H,3-4H2,1-2H3,(H,11,12,13). The van der Waals surface area contributed by atoms with E-state index in [1.54, 1.807) is 13.8 Å². The van der Waals surface area contributed by atoms with Crippen LogP contribution in [-0.4, -0.2) is 23.9 Å². The van der Waals surface area contributed by atoms with Gasteiger partial charge in [-0.15, -0.1) is 0 Å². The molecule has 1 rings (SSSR count). The van der Waals surface area contributed by atoms with Gasteiger partial charge in [-0.3, -0.25) is 9.35 Å². The Kier molecular flexibility index (Phi) is 2.45. The summed E-state index contributed by atoms with van der Waals surface area (Å²) >= 11 is 0. The zero-order valence-electron chi connectivity index (χ0n) is 7.94. The quantitative estimate of drug-likeness (QED) is 0.644. The van der Waals surface area contributed by atoms with Crippen LogP contribution < -0.4 is 0 Å². The zero-order valence-corrected chi connectivity index (χ0v) is 8.76. The SMILES string of the molecule is CC1(C)CC(=O)C(S(=O)(=O)O)=C(O)C1. The van der Waals surface area contributed by atoms with Crippen LogP contribution in [0.2, 0.25) is 0 Å². The highest BCUT2D eigenvalue weighted by Gasteiger charge is 2.38. The van der Waals surface area contributed by atoms with E-state index in [2.05, 4.69) is 0 Å².